The number of nitrogens with zero attached hydrogens (tertiary/aromatic N) is 4. The highest BCUT2D eigenvalue weighted by atomic mass is 79.9. The molecule has 3 heterocycles. The molecular formula is C16H15BrN4O2. The van der Waals surface area contributed by atoms with Crippen LogP contribution in [0.15, 0.2) is 35.2 Å². The summed E-state index contributed by atoms with van der Waals surface area (Å²) in [5, 5.41) is 14.0. The van der Waals surface area contributed by atoms with Gasteiger partial charge in [0.1, 0.15) is 22.3 Å². The summed E-state index contributed by atoms with van der Waals surface area (Å²) in [6, 6.07) is 4.94. The second kappa shape index (κ2) is 5.90. The number of aromatic nitrogens is 4. The molecule has 118 valence electrons. The van der Waals surface area contributed by atoms with E-state index in [-0.39, 0.29) is 12.0 Å². The van der Waals surface area contributed by atoms with Crippen molar-refractivity contribution in [1.29, 1.82) is 0 Å². The highest BCUT2D eigenvalue weighted by molar-refractivity contribution is 9.10. The minimum absolute atomic E-state index is 0.00580. The molecule has 3 aromatic rings. The number of phenolic OH excluding ortho intramolecular Hbond substituents is 1. The van der Waals surface area contributed by atoms with Crippen LogP contribution in [-0.4, -0.2) is 31.5 Å². The van der Waals surface area contributed by atoms with Crippen LogP contribution in [0.25, 0.3) is 22.3 Å². The van der Waals surface area contributed by atoms with Gasteiger partial charge in [0.25, 0.3) is 0 Å². The van der Waals surface area contributed by atoms with Gasteiger partial charge in [0.05, 0.1) is 17.2 Å². The van der Waals surface area contributed by atoms with Crippen molar-refractivity contribution in [2.75, 3.05) is 6.61 Å². The minimum atomic E-state index is -0.00580. The molecule has 0 aliphatic carbocycles. The SMILES string of the molecule is Oc1ccc2nc(Br)c(-c3cnn(C4CCCCO4)c3)nc2c1. The maximum atomic E-state index is 9.62. The molecule has 0 spiro atoms. The summed E-state index contributed by atoms with van der Waals surface area (Å²) in [7, 11) is 0. The molecule has 1 fully saturated rings. The summed E-state index contributed by atoms with van der Waals surface area (Å²) in [6.45, 7) is 0.776. The molecule has 7 heteroatoms. The van der Waals surface area contributed by atoms with Crippen molar-refractivity contribution in [1.82, 2.24) is 19.7 Å². The van der Waals surface area contributed by atoms with Crippen molar-refractivity contribution >= 4 is 27.0 Å². The Bertz CT molecular complexity index is 858. The molecule has 1 saturated heterocycles. The van der Waals surface area contributed by atoms with E-state index in [4.69, 9.17) is 4.74 Å². The van der Waals surface area contributed by atoms with Gasteiger partial charge in [0, 0.05) is 24.4 Å². The van der Waals surface area contributed by atoms with E-state index in [1.807, 2.05) is 10.9 Å². The second-order valence-electron chi connectivity index (χ2n) is 5.57. The topological polar surface area (TPSA) is 73.1 Å². The molecular weight excluding hydrogens is 360 g/mol. The van der Waals surface area contributed by atoms with Crippen LogP contribution in [0.5, 0.6) is 5.75 Å². The quantitative estimate of drug-likeness (QED) is 0.740. The van der Waals surface area contributed by atoms with Gasteiger partial charge in [0.2, 0.25) is 0 Å². The van der Waals surface area contributed by atoms with Crippen LogP contribution in [0.1, 0.15) is 25.5 Å². The van der Waals surface area contributed by atoms with Crippen molar-refractivity contribution in [3.05, 3.63) is 35.2 Å². The molecule has 4 rings (SSSR count). The highest BCUT2D eigenvalue weighted by Gasteiger charge is 2.18. The summed E-state index contributed by atoms with van der Waals surface area (Å²) in [5.74, 6) is 0.173. The van der Waals surface area contributed by atoms with Crippen molar-refractivity contribution in [2.45, 2.75) is 25.5 Å². The van der Waals surface area contributed by atoms with Gasteiger partial charge >= 0.3 is 0 Å². The zero-order valence-corrected chi connectivity index (χ0v) is 13.9. The zero-order chi connectivity index (χ0) is 15.8. The van der Waals surface area contributed by atoms with E-state index >= 15 is 0 Å². The molecule has 1 aliphatic rings. The smallest absolute Gasteiger partial charge is 0.150 e. The van der Waals surface area contributed by atoms with Gasteiger partial charge in [-0.2, -0.15) is 5.10 Å². The molecule has 23 heavy (non-hydrogen) atoms. The van der Waals surface area contributed by atoms with E-state index in [9.17, 15) is 5.11 Å². The van der Waals surface area contributed by atoms with Gasteiger partial charge in [-0.15, -0.1) is 0 Å². The van der Waals surface area contributed by atoms with Crippen LogP contribution in [0, 0.1) is 0 Å². The molecule has 1 unspecified atom stereocenters. The normalized spacial score (nSPS) is 18.4. The number of phenols is 1. The predicted octanol–water partition coefficient (Wildman–Crippen LogP) is 3.66. The Hall–Kier alpha value is -1.99. The van der Waals surface area contributed by atoms with Crippen molar-refractivity contribution in [3.63, 3.8) is 0 Å². The number of benzene rings is 1. The third-order valence-corrected chi connectivity index (χ3v) is 4.48. The van der Waals surface area contributed by atoms with Gasteiger partial charge in [-0.05, 0) is 47.3 Å². The van der Waals surface area contributed by atoms with Crippen LogP contribution in [0.4, 0.5) is 0 Å². The van der Waals surface area contributed by atoms with Crippen molar-refractivity contribution in [3.8, 4) is 17.0 Å². The van der Waals surface area contributed by atoms with Gasteiger partial charge in [-0.1, -0.05) is 0 Å². The van der Waals surface area contributed by atoms with Crippen molar-refractivity contribution < 1.29 is 9.84 Å². The first-order valence-corrected chi connectivity index (χ1v) is 8.32. The molecule has 0 bridgehead atoms. The standard InChI is InChI=1S/C16H15BrN4O2/c17-16-15(19-13-7-11(22)4-5-12(13)20-16)10-8-18-21(9-10)14-3-1-2-6-23-14/h4-5,7-9,14,22H,1-3,6H2. The highest BCUT2D eigenvalue weighted by Crippen LogP contribution is 2.30. The lowest BCUT2D eigenvalue weighted by atomic mass is 10.2. The minimum Gasteiger partial charge on any atom is -0.508 e. The van der Waals surface area contributed by atoms with E-state index in [2.05, 4.69) is 31.0 Å². The van der Waals surface area contributed by atoms with Gasteiger partial charge < -0.3 is 9.84 Å². The van der Waals surface area contributed by atoms with Gasteiger partial charge in [0.15, 0.2) is 0 Å². The Morgan fingerprint density at radius 1 is 1.22 bits per heavy atom. The number of ether oxygens (including phenoxy) is 1. The Morgan fingerprint density at radius 3 is 2.96 bits per heavy atom. The lowest BCUT2D eigenvalue weighted by Crippen LogP contribution is -2.18. The van der Waals surface area contributed by atoms with Crippen LogP contribution in [0.2, 0.25) is 0 Å². The molecule has 2 aromatic heterocycles. The van der Waals surface area contributed by atoms with E-state index in [0.717, 1.165) is 36.9 Å². The molecule has 1 N–H and O–H groups in total. The number of aromatic hydroxyl groups is 1. The van der Waals surface area contributed by atoms with E-state index in [1.54, 1.807) is 24.4 Å². The average molecular weight is 375 g/mol. The molecule has 0 radical (unpaired) electrons. The second-order valence-corrected chi connectivity index (χ2v) is 6.32. The molecule has 1 atom stereocenters. The maximum absolute atomic E-state index is 9.62. The summed E-state index contributed by atoms with van der Waals surface area (Å²) >= 11 is 3.47. The number of fused-ring (bicyclic) bond motifs is 1. The Morgan fingerprint density at radius 2 is 2.13 bits per heavy atom. The van der Waals surface area contributed by atoms with E-state index < -0.39 is 0 Å². The fourth-order valence-electron chi connectivity index (χ4n) is 2.76. The maximum Gasteiger partial charge on any atom is 0.150 e. The van der Waals surface area contributed by atoms with Gasteiger partial charge in [-0.25, -0.2) is 14.6 Å². The number of halogens is 1. The summed E-state index contributed by atoms with van der Waals surface area (Å²) in [5.41, 5.74) is 2.93. The first-order chi connectivity index (χ1) is 11.2. The number of rotatable bonds is 2. The first kappa shape index (κ1) is 14.6. The molecule has 0 amide bonds. The van der Waals surface area contributed by atoms with Crippen LogP contribution >= 0.6 is 15.9 Å². The molecule has 0 saturated carbocycles. The molecule has 1 aromatic carbocycles. The number of hydrogen-bond donors (Lipinski definition) is 1. The Balaban J connectivity index is 1.73. The fourth-order valence-corrected chi connectivity index (χ4v) is 3.26. The third-order valence-electron chi connectivity index (χ3n) is 3.93. The van der Waals surface area contributed by atoms with Crippen molar-refractivity contribution in [2.24, 2.45) is 0 Å². The largest absolute Gasteiger partial charge is 0.508 e. The van der Waals surface area contributed by atoms with Crippen LogP contribution in [0.3, 0.4) is 0 Å². The fraction of sp³-hybridized carbons (Fsp3) is 0.312. The van der Waals surface area contributed by atoms with E-state index in [1.165, 1.54) is 0 Å². The lowest BCUT2D eigenvalue weighted by Gasteiger charge is -2.22. The zero-order valence-electron chi connectivity index (χ0n) is 12.3. The molecule has 6 nitrogen and oxygen atoms in total. The average Bonchev–Trinajstić information content (AvgIpc) is 3.05. The summed E-state index contributed by atoms with van der Waals surface area (Å²) in [6.07, 6.45) is 6.92. The van der Waals surface area contributed by atoms with Gasteiger partial charge in [-0.3, -0.25) is 0 Å². The predicted molar refractivity (Wildman–Crippen MR) is 89.0 cm³/mol. The van der Waals surface area contributed by atoms with E-state index in [0.29, 0.717) is 15.8 Å². The molecule has 1 aliphatic heterocycles. The number of hydrogen-bond acceptors (Lipinski definition) is 5. The Kier molecular flexibility index (Phi) is 3.74. The van der Waals surface area contributed by atoms with Crippen LogP contribution < -0.4 is 0 Å². The summed E-state index contributed by atoms with van der Waals surface area (Å²) < 4.78 is 8.24. The van der Waals surface area contributed by atoms with Crippen LogP contribution in [-0.2, 0) is 4.74 Å². The lowest BCUT2D eigenvalue weighted by molar-refractivity contribution is -0.0394. The first-order valence-electron chi connectivity index (χ1n) is 7.53. The third kappa shape index (κ3) is 2.82. The monoisotopic (exact) mass is 374 g/mol. The summed E-state index contributed by atoms with van der Waals surface area (Å²) in [4.78, 5) is 9.09. The Labute approximate surface area is 141 Å².